The van der Waals surface area contributed by atoms with Crippen LogP contribution in [0.25, 0.3) is 11.1 Å². The molecule has 4 heteroatoms. The fourth-order valence-corrected chi connectivity index (χ4v) is 3.65. The molecule has 0 bridgehead atoms. The number of nitriles is 1. The van der Waals surface area contributed by atoms with Gasteiger partial charge in [-0.3, -0.25) is 0 Å². The molecule has 0 radical (unpaired) electrons. The third-order valence-electron chi connectivity index (χ3n) is 4.68. The minimum absolute atomic E-state index is 0.185. The molecule has 126 valence electrons. The van der Waals surface area contributed by atoms with E-state index in [9.17, 15) is 5.26 Å². The number of anilines is 2. The van der Waals surface area contributed by atoms with Crippen LogP contribution in [0.4, 0.5) is 11.6 Å². The van der Waals surface area contributed by atoms with E-state index < -0.39 is 0 Å². The molecule has 4 nitrogen and oxygen atoms in total. The van der Waals surface area contributed by atoms with E-state index in [4.69, 9.17) is 5.73 Å². The van der Waals surface area contributed by atoms with Crippen molar-refractivity contribution in [3.8, 4) is 17.2 Å². The maximum atomic E-state index is 9.80. The fraction of sp³-hybridized carbons (Fsp3) is 0.450. The third-order valence-corrected chi connectivity index (χ3v) is 4.68. The lowest BCUT2D eigenvalue weighted by Crippen LogP contribution is -2.35. The van der Waals surface area contributed by atoms with Crippen LogP contribution in [0.5, 0.6) is 0 Å². The van der Waals surface area contributed by atoms with Crippen molar-refractivity contribution in [3.05, 3.63) is 35.9 Å². The maximum Gasteiger partial charge on any atom is 0.124 e. The number of aromatic nitrogens is 1. The van der Waals surface area contributed by atoms with Crippen LogP contribution >= 0.6 is 0 Å². The van der Waals surface area contributed by atoms with Gasteiger partial charge in [-0.2, -0.15) is 5.26 Å². The molecule has 2 aromatic rings. The number of piperidine rings is 1. The number of nitrogens with two attached hydrogens (primary N) is 1. The van der Waals surface area contributed by atoms with E-state index in [0.29, 0.717) is 11.4 Å². The molecule has 1 aliphatic rings. The van der Waals surface area contributed by atoms with Gasteiger partial charge in [0.1, 0.15) is 23.3 Å². The summed E-state index contributed by atoms with van der Waals surface area (Å²) >= 11 is 0. The summed E-state index contributed by atoms with van der Waals surface area (Å²) in [6, 6.07) is 12.5. The average molecular weight is 322 g/mol. The second-order valence-electron chi connectivity index (χ2n) is 7.49. The van der Waals surface area contributed by atoms with E-state index >= 15 is 0 Å². The lowest BCUT2D eigenvalue weighted by atomic mass is 10.0. The van der Waals surface area contributed by atoms with E-state index in [2.05, 4.69) is 48.4 Å². The predicted octanol–water partition coefficient (Wildman–Crippen LogP) is 4.35. The van der Waals surface area contributed by atoms with Gasteiger partial charge in [0.25, 0.3) is 0 Å². The summed E-state index contributed by atoms with van der Waals surface area (Å²) in [5.41, 5.74) is 8.91. The van der Waals surface area contributed by atoms with E-state index in [1.807, 2.05) is 18.2 Å². The fourth-order valence-electron chi connectivity index (χ4n) is 3.65. The number of hydrogen-bond donors (Lipinski definition) is 1. The molecule has 0 amide bonds. The molecule has 0 spiro atoms. The molecule has 2 heterocycles. The number of hydrogen-bond acceptors (Lipinski definition) is 3. The summed E-state index contributed by atoms with van der Waals surface area (Å²) in [5.74, 6) is 1.67. The minimum Gasteiger partial charge on any atom is -0.384 e. The van der Waals surface area contributed by atoms with Gasteiger partial charge in [-0.15, -0.1) is 0 Å². The molecule has 2 N–H and O–H groups in total. The SMILES string of the molecule is CC(C)(C)n1c(N)c(C#N)c(-c2ccccc2)c1N1CCCCC1. The standard InChI is InChI=1S/C20H26N4/c1-20(2,3)24-18(22)16(14-21)17(15-10-6-4-7-11-15)19(24)23-12-8-5-9-13-23/h4,6-7,10-11H,5,8-9,12-13,22H2,1-3H3. The molecule has 0 unspecified atom stereocenters. The van der Waals surface area contributed by atoms with Crippen LogP contribution in [0.1, 0.15) is 45.6 Å². The minimum atomic E-state index is -0.185. The largest absolute Gasteiger partial charge is 0.384 e. The molecular formula is C20H26N4. The Hall–Kier alpha value is -2.41. The normalized spacial score (nSPS) is 15.3. The van der Waals surface area contributed by atoms with Crippen LogP contribution in [0, 0.1) is 11.3 Å². The van der Waals surface area contributed by atoms with Gasteiger partial charge in [0.05, 0.1) is 0 Å². The summed E-state index contributed by atoms with van der Waals surface area (Å²) < 4.78 is 2.15. The predicted molar refractivity (Wildman–Crippen MR) is 100 cm³/mol. The Labute approximate surface area is 144 Å². The average Bonchev–Trinajstić information content (AvgIpc) is 2.89. The summed E-state index contributed by atoms with van der Waals surface area (Å²) in [5, 5.41) is 9.80. The van der Waals surface area contributed by atoms with E-state index in [1.54, 1.807) is 0 Å². The first kappa shape index (κ1) is 16.4. The lowest BCUT2D eigenvalue weighted by molar-refractivity contribution is 0.399. The second kappa shape index (κ2) is 6.24. The molecule has 1 aliphatic heterocycles. The number of nitrogen functional groups attached to an aromatic ring is 1. The monoisotopic (exact) mass is 322 g/mol. The van der Waals surface area contributed by atoms with Gasteiger partial charge in [-0.1, -0.05) is 30.3 Å². The molecular weight excluding hydrogens is 296 g/mol. The molecule has 0 aliphatic carbocycles. The molecule has 1 saturated heterocycles. The van der Waals surface area contributed by atoms with Crippen molar-refractivity contribution in [1.29, 1.82) is 5.26 Å². The van der Waals surface area contributed by atoms with Crippen LogP contribution in [-0.2, 0) is 5.54 Å². The van der Waals surface area contributed by atoms with Crippen LogP contribution in [-0.4, -0.2) is 17.7 Å². The summed E-state index contributed by atoms with van der Waals surface area (Å²) in [4.78, 5) is 2.41. The summed E-state index contributed by atoms with van der Waals surface area (Å²) in [6.07, 6.45) is 3.64. The van der Waals surface area contributed by atoms with Crippen LogP contribution < -0.4 is 10.6 Å². The first-order valence-electron chi connectivity index (χ1n) is 8.70. The van der Waals surface area contributed by atoms with Gasteiger partial charge in [0, 0.05) is 24.2 Å². The van der Waals surface area contributed by atoms with Gasteiger partial charge in [0.15, 0.2) is 0 Å². The zero-order valence-corrected chi connectivity index (χ0v) is 14.8. The Morgan fingerprint density at radius 2 is 1.67 bits per heavy atom. The highest BCUT2D eigenvalue weighted by Gasteiger charge is 2.31. The van der Waals surface area contributed by atoms with Crippen molar-refractivity contribution < 1.29 is 0 Å². The molecule has 24 heavy (non-hydrogen) atoms. The first-order chi connectivity index (χ1) is 11.4. The van der Waals surface area contributed by atoms with E-state index in [0.717, 1.165) is 30.0 Å². The highest BCUT2D eigenvalue weighted by Crippen LogP contribution is 2.44. The highest BCUT2D eigenvalue weighted by molar-refractivity contribution is 5.88. The smallest absolute Gasteiger partial charge is 0.124 e. The summed E-state index contributed by atoms with van der Waals surface area (Å²) in [6.45, 7) is 8.47. The van der Waals surface area contributed by atoms with Gasteiger partial charge >= 0.3 is 0 Å². The zero-order valence-electron chi connectivity index (χ0n) is 14.8. The Morgan fingerprint density at radius 3 is 2.21 bits per heavy atom. The van der Waals surface area contributed by atoms with Gasteiger partial charge in [-0.05, 0) is 45.6 Å². The quantitative estimate of drug-likeness (QED) is 0.894. The van der Waals surface area contributed by atoms with E-state index in [1.165, 1.54) is 19.3 Å². The van der Waals surface area contributed by atoms with Crippen molar-refractivity contribution >= 4 is 11.6 Å². The van der Waals surface area contributed by atoms with Crippen LogP contribution in [0.3, 0.4) is 0 Å². The molecule has 1 fully saturated rings. The van der Waals surface area contributed by atoms with Crippen molar-refractivity contribution in [2.75, 3.05) is 23.7 Å². The number of benzene rings is 1. The zero-order chi connectivity index (χ0) is 17.3. The highest BCUT2D eigenvalue weighted by atomic mass is 15.3. The Bertz CT molecular complexity index is 754. The van der Waals surface area contributed by atoms with Crippen LogP contribution in [0.15, 0.2) is 30.3 Å². The maximum absolute atomic E-state index is 9.80. The first-order valence-corrected chi connectivity index (χ1v) is 8.70. The summed E-state index contributed by atoms with van der Waals surface area (Å²) in [7, 11) is 0. The van der Waals surface area contributed by atoms with Crippen LogP contribution in [0.2, 0.25) is 0 Å². The Kier molecular flexibility index (Phi) is 4.28. The number of rotatable bonds is 2. The van der Waals surface area contributed by atoms with Crippen molar-refractivity contribution in [2.24, 2.45) is 0 Å². The Morgan fingerprint density at radius 1 is 1.04 bits per heavy atom. The lowest BCUT2D eigenvalue weighted by Gasteiger charge is -2.35. The molecule has 1 aromatic carbocycles. The second-order valence-corrected chi connectivity index (χ2v) is 7.49. The van der Waals surface area contributed by atoms with Gasteiger partial charge in [0.2, 0.25) is 0 Å². The topological polar surface area (TPSA) is 58.0 Å². The van der Waals surface area contributed by atoms with Crippen molar-refractivity contribution in [3.63, 3.8) is 0 Å². The molecule has 0 saturated carbocycles. The van der Waals surface area contributed by atoms with Gasteiger partial charge in [-0.25, -0.2) is 0 Å². The van der Waals surface area contributed by atoms with Crippen molar-refractivity contribution in [1.82, 2.24) is 4.57 Å². The van der Waals surface area contributed by atoms with E-state index in [-0.39, 0.29) is 5.54 Å². The van der Waals surface area contributed by atoms with Gasteiger partial charge < -0.3 is 15.2 Å². The third kappa shape index (κ3) is 2.75. The number of nitrogens with zero attached hydrogens (tertiary/aromatic N) is 3. The molecule has 0 atom stereocenters. The Balaban J connectivity index is 2.32. The van der Waals surface area contributed by atoms with Crippen molar-refractivity contribution in [2.45, 2.75) is 45.6 Å². The molecule has 1 aromatic heterocycles. The molecule has 3 rings (SSSR count).